The normalized spacial score (nSPS) is 36.2. The molecule has 0 amide bonds. The minimum atomic E-state index is 0.769. The smallest absolute Gasteiger partial charge is 0.0198 e. The van der Waals surface area contributed by atoms with Crippen molar-refractivity contribution in [2.24, 2.45) is 5.92 Å². The van der Waals surface area contributed by atoms with E-state index in [-0.39, 0.29) is 0 Å². The second-order valence-electron chi connectivity index (χ2n) is 4.62. The van der Waals surface area contributed by atoms with Crippen LogP contribution in [0.4, 0.5) is 0 Å². The van der Waals surface area contributed by atoms with Gasteiger partial charge in [-0.25, -0.2) is 0 Å². The summed E-state index contributed by atoms with van der Waals surface area (Å²) < 4.78 is 0. The van der Waals surface area contributed by atoms with Gasteiger partial charge in [-0.05, 0) is 38.8 Å². The molecule has 1 aliphatic carbocycles. The summed E-state index contributed by atoms with van der Waals surface area (Å²) in [4.78, 5) is 2.52. The highest BCUT2D eigenvalue weighted by molar-refractivity contribution is 4.87. The van der Waals surface area contributed by atoms with Crippen LogP contribution < -0.4 is 5.32 Å². The van der Waals surface area contributed by atoms with E-state index in [1.807, 2.05) is 0 Å². The standard InChI is InChI=1S/C10H20N2/c1-8-5-9(11-6-8)7-12(2)10-3-4-10/h8-11H,3-7H2,1-2H3. The molecule has 1 heterocycles. The first-order valence-electron chi connectivity index (χ1n) is 5.19. The highest BCUT2D eigenvalue weighted by Crippen LogP contribution is 2.26. The van der Waals surface area contributed by atoms with E-state index in [4.69, 9.17) is 0 Å². The fraction of sp³-hybridized carbons (Fsp3) is 1.00. The van der Waals surface area contributed by atoms with Crippen LogP contribution in [0.25, 0.3) is 0 Å². The van der Waals surface area contributed by atoms with Gasteiger partial charge in [0.1, 0.15) is 0 Å². The summed E-state index contributed by atoms with van der Waals surface area (Å²) in [7, 11) is 2.27. The van der Waals surface area contributed by atoms with E-state index >= 15 is 0 Å². The van der Waals surface area contributed by atoms with Gasteiger partial charge in [-0.1, -0.05) is 6.92 Å². The number of hydrogen-bond donors (Lipinski definition) is 1. The quantitative estimate of drug-likeness (QED) is 0.678. The van der Waals surface area contributed by atoms with E-state index in [9.17, 15) is 0 Å². The molecule has 2 fully saturated rings. The van der Waals surface area contributed by atoms with Gasteiger partial charge in [0, 0.05) is 18.6 Å². The largest absolute Gasteiger partial charge is 0.312 e. The van der Waals surface area contributed by atoms with E-state index in [0.29, 0.717) is 0 Å². The Kier molecular flexibility index (Phi) is 2.37. The monoisotopic (exact) mass is 168 g/mol. The minimum Gasteiger partial charge on any atom is -0.312 e. The first-order chi connectivity index (χ1) is 5.75. The Bertz CT molecular complexity index is 154. The molecular formula is C10H20N2. The third-order valence-corrected chi connectivity index (χ3v) is 3.12. The van der Waals surface area contributed by atoms with E-state index < -0.39 is 0 Å². The lowest BCUT2D eigenvalue weighted by Gasteiger charge is -2.20. The van der Waals surface area contributed by atoms with E-state index in [0.717, 1.165) is 18.0 Å². The third-order valence-electron chi connectivity index (χ3n) is 3.12. The molecule has 2 heteroatoms. The molecule has 2 atom stereocenters. The number of nitrogens with zero attached hydrogens (tertiary/aromatic N) is 1. The van der Waals surface area contributed by atoms with Gasteiger partial charge in [-0.3, -0.25) is 0 Å². The van der Waals surface area contributed by atoms with Crippen LogP contribution in [-0.2, 0) is 0 Å². The van der Waals surface area contributed by atoms with Crippen molar-refractivity contribution < 1.29 is 0 Å². The minimum absolute atomic E-state index is 0.769. The highest BCUT2D eigenvalue weighted by atomic mass is 15.2. The van der Waals surface area contributed by atoms with Crippen LogP contribution >= 0.6 is 0 Å². The summed E-state index contributed by atoms with van der Waals surface area (Å²) in [5.74, 6) is 0.891. The van der Waals surface area contributed by atoms with Crippen LogP contribution in [0.3, 0.4) is 0 Å². The molecule has 70 valence electrons. The molecule has 0 aromatic rings. The van der Waals surface area contributed by atoms with Crippen molar-refractivity contribution in [3.8, 4) is 0 Å². The fourth-order valence-corrected chi connectivity index (χ4v) is 2.17. The molecule has 0 spiro atoms. The van der Waals surface area contributed by atoms with Crippen LogP contribution in [0.2, 0.25) is 0 Å². The maximum atomic E-state index is 3.58. The van der Waals surface area contributed by atoms with Gasteiger partial charge in [0.15, 0.2) is 0 Å². The summed E-state index contributed by atoms with van der Waals surface area (Å²) in [5, 5.41) is 3.58. The molecule has 0 aromatic carbocycles. The summed E-state index contributed by atoms with van der Waals surface area (Å²) in [6.45, 7) is 4.82. The van der Waals surface area contributed by atoms with Crippen LogP contribution in [0.5, 0.6) is 0 Å². The van der Waals surface area contributed by atoms with Crippen molar-refractivity contribution in [1.29, 1.82) is 0 Å². The second kappa shape index (κ2) is 3.35. The number of likely N-dealkylation sites (N-methyl/N-ethyl adjacent to an activating group) is 1. The SMILES string of the molecule is CC1CNC(CN(C)C2CC2)C1. The highest BCUT2D eigenvalue weighted by Gasteiger charge is 2.29. The Morgan fingerprint density at radius 1 is 1.42 bits per heavy atom. The Labute approximate surface area is 75.3 Å². The zero-order chi connectivity index (χ0) is 8.55. The zero-order valence-electron chi connectivity index (χ0n) is 8.21. The molecule has 1 saturated heterocycles. The van der Waals surface area contributed by atoms with Crippen molar-refractivity contribution in [3.63, 3.8) is 0 Å². The molecule has 2 unspecified atom stereocenters. The van der Waals surface area contributed by atoms with Crippen LogP contribution in [-0.4, -0.2) is 37.1 Å². The van der Waals surface area contributed by atoms with Crippen LogP contribution in [0.1, 0.15) is 26.2 Å². The predicted octanol–water partition coefficient (Wildman–Crippen LogP) is 1.08. The van der Waals surface area contributed by atoms with Crippen LogP contribution in [0, 0.1) is 5.92 Å². The van der Waals surface area contributed by atoms with Gasteiger partial charge in [-0.2, -0.15) is 0 Å². The summed E-state index contributed by atoms with van der Waals surface area (Å²) >= 11 is 0. The molecule has 1 saturated carbocycles. The number of nitrogens with one attached hydrogen (secondary N) is 1. The lowest BCUT2D eigenvalue weighted by Crippen LogP contribution is -2.36. The fourth-order valence-electron chi connectivity index (χ4n) is 2.17. The van der Waals surface area contributed by atoms with E-state index in [1.54, 1.807) is 0 Å². The van der Waals surface area contributed by atoms with Gasteiger partial charge in [-0.15, -0.1) is 0 Å². The van der Waals surface area contributed by atoms with Crippen molar-refractivity contribution in [1.82, 2.24) is 10.2 Å². The maximum absolute atomic E-state index is 3.58. The summed E-state index contributed by atoms with van der Waals surface area (Å²) in [6, 6.07) is 1.69. The Hall–Kier alpha value is -0.0800. The molecule has 1 N–H and O–H groups in total. The van der Waals surface area contributed by atoms with Gasteiger partial charge in [0.05, 0.1) is 0 Å². The first kappa shape index (κ1) is 8.52. The van der Waals surface area contributed by atoms with Gasteiger partial charge in [0.25, 0.3) is 0 Å². The predicted molar refractivity (Wildman–Crippen MR) is 51.2 cm³/mol. The molecule has 0 aromatic heterocycles. The topological polar surface area (TPSA) is 15.3 Å². The Balaban J connectivity index is 1.71. The molecule has 2 rings (SSSR count). The van der Waals surface area contributed by atoms with Crippen molar-refractivity contribution >= 4 is 0 Å². The van der Waals surface area contributed by atoms with E-state index in [1.165, 1.54) is 32.4 Å². The van der Waals surface area contributed by atoms with Gasteiger partial charge < -0.3 is 10.2 Å². The lowest BCUT2D eigenvalue weighted by molar-refractivity contribution is 0.289. The summed E-state index contributed by atoms with van der Waals surface area (Å²) in [6.07, 6.45) is 4.23. The molecular weight excluding hydrogens is 148 g/mol. The molecule has 0 bridgehead atoms. The Morgan fingerprint density at radius 2 is 2.17 bits per heavy atom. The van der Waals surface area contributed by atoms with Gasteiger partial charge in [0.2, 0.25) is 0 Å². The first-order valence-corrected chi connectivity index (χ1v) is 5.19. The number of hydrogen-bond acceptors (Lipinski definition) is 2. The molecule has 0 radical (unpaired) electrons. The van der Waals surface area contributed by atoms with Crippen molar-refractivity contribution in [2.75, 3.05) is 20.1 Å². The molecule has 2 aliphatic rings. The number of rotatable bonds is 3. The molecule has 1 aliphatic heterocycles. The summed E-state index contributed by atoms with van der Waals surface area (Å²) in [5.41, 5.74) is 0. The third kappa shape index (κ3) is 1.99. The van der Waals surface area contributed by atoms with Gasteiger partial charge >= 0.3 is 0 Å². The van der Waals surface area contributed by atoms with Crippen LogP contribution in [0.15, 0.2) is 0 Å². The van der Waals surface area contributed by atoms with E-state index in [2.05, 4.69) is 24.2 Å². The maximum Gasteiger partial charge on any atom is 0.0198 e. The lowest BCUT2D eigenvalue weighted by atomic mass is 10.1. The van der Waals surface area contributed by atoms with Crippen molar-refractivity contribution in [2.45, 2.75) is 38.3 Å². The Morgan fingerprint density at radius 3 is 2.67 bits per heavy atom. The molecule has 2 nitrogen and oxygen atoms in total. The second-order valence-corrected chi connectivity index (χ2v) is 4.62. The van der Waals surface area contributed by atoms with Crippen molar-refractivity contribution in [3.05, 3.63) is 0 Å². The average Bonchev–Trinajstić information content (AvgIpc) is 2.78. The average molecular weight is 168 g/mol. The zero-order valence-corrected chi connectivity index (χ0v) is 8.21. The molecule has 12 heavy (non-hydrogen) atoms.